The van der Waals surface area contributed by atoms with E-state index in [4.69, 9.17) is 9.84 Å². The number of carbonyl (C=O) groups is 1. The minimum atomic E-state index is -0.926. The summed E-state index contributed by atoms with van der Waals surface area (Å²) in [6, 6.07) is 4.49. The predicted molar refractivity (Wildman–Crippen MR) is 63.2 cm³/mol. The van der Waals surface area contributed by atoms with Gasteiger partial charge in [0.15, 0.2) is 11.5 Å². The first-order chi connectivity index (χ1) is 8.06. The van der Waals surface area contributed by atoms with E-state index in [2.05, 4.69) is 5.32 Å². The van der Waals surface area contributed by atoms with Crippen molar-refractivity contribution in [2.24, 2.45) is 0 Å². The fourth-order valence-corrected chi connectivity index (χ4v) is 1.33. The summed E-state index contributed by atoms with van der Waals surface area (Å²) in [7, 11) is 0. The van der Waals surface area contributed by atoms with E-state index in [-0.39, 0.29) is 12.3 Å². The molecule has 0 aliphatic rings. The van der Waals surface area contributed by atoms with Crippen LogP contribution < -0.4 is 10.1 Å². The van der Waals surface area contributed by atoms with E-state index >= 15 is 0 Å². The second-order valence-corrected chi connectivity index (χ2v) is 3.64. The smallest absolute Gasteiger partial charge is 0.320 e. The van der Waals surface area contributed by atoms with Gasteiger partial charge in [-0.1, -0.05) is 12.1 Å². The number of benzene rings is 1. The summed E-state index contributed by atoms with van der Waals surface area (Å²) in [6.07, 6.45) is 0. The van der Waals surface area contributed by atoms with Crippen LogP contribution in [0.1, 0.15) is 19.4 Å². The molecule has 0 spiro atoms. The summed E-state index contributed by atoms with van der Waals surface area (Å²) >= 11 is 0. The van der Waals surface area contributed by atoms with Crippen LogP contribution in [0.3, 0.4) is 0 Å². The Kier molecular flexibility index (Phi) is 4.78. The quantitative estimate of drug-likeness (QED) is 0.698. The number of carboxylic acids is 1. The van der Waals surface area contributed by atoms with Gasteiger partial charge in [0.05, 0.1) is 6.61 Å². The first-order valence-corrected chi connectivity index (χ1v) is 5.46. The number of aliphatic carboxylic acids is 1. The van der Waals surface area contributed by atoms with Crippen molar-refractivity contribution in [2.75, 3.05) is 6.61 Å². The SMILES string of the molecule is CCOc1cccc(CNC(C)C(=O)O)c1O. The van der Waals surface area contributed by atoms with Gasteiger partial charge in [-0.05, 0) is 19.9 Å². The van der Waals surface area contributed by atoms with Crippen molar-refractivity contribution < 1.29 is 19.7 Å². The van der Waals surface area contributed by atoms with Crippen molar-refractivity contribution in [1.29, 1.82) is 0 Å². The number of phenolic OH excluding ortho intramolecular Hbond substituents is 1. The number of hydrogen-bond donors (Lipinski definition) is 3. The Labute approximate surface area is 100 Å². The Morgan fingerprint density at radius 3 is 2.82 bits per heavy atom. The highest BCUT2D eigenvalue weighted by Gasteiger charge is 2.12. The normalized spacial score (nSPS) is 12.1. The molecule has 3 N–H and O–H groups in total. The minimum Gasteiger partial charge on any atom is -0.504 e. The van der Waals surface area contributed by atoms with Gasteiger partial charge in [0.2, 0.25) is 0 Å². The highest BCUT2D eigenvalue weighted by molar-refractivity contribution is 5.72. The molecule has 0 aliphatic carbocycles. The second-order valence-electron chi connectivity index (χ2n) is 3.64. The third-order valence-corrected chi connectivity index (χ3v) is 2.35. The number of nitrogens with one attached hydrogen (secondary N) is 1. The fraction of sp³-hybridized carbons (Fsp3) is 0.417. The zero-order chi connectivity index (χ0) is 12.8. The van der Waals surface area contributed by atoms with Crippen LogP contribution in [0.2, 0.25) is 0 Å². The highest BCUT2D eigenvalue weighted by atomic mass is 16.5. The third-order valence-electron chi connectivity index (χ3n) is 2.35. The largest absolute Gasteiger partial charge is 0.504 e. The Hall–Kier alpha value is -1.75. The molecule has 0 amide bonds. The van der Waals surface area contributed by atoms with Crippen LogP contribution in [0.25, 0.3) is 0 Å². The standard InChI is InChI=1S/C12H17NO4/c1-3-17-10-6-4-5-9(11(10)14)7-13-8(2)12(15)16/h4-6,8,13-14H,3,7H2,1-2H3,(H,15,16). The van der Waals surface area contributed by atoms with E-state index in [9.17, 15) is 9.90 Å². The molecule has 1 rings (SSSR count). The van der Waals surface area contributed by atoms with Crippen molar-refractivity contribution in [3.8, 4) is 11.5 Å². The summed E-state index contributed by atoms with van der Waals surface area (Å²) < 4.78 is 5.24. The molecule has 17 heavy (non-hydrogen) atoms. The number of aromatic hydroxyl groups is 1. The topological polar surface area (TPSA) is 78.8 Å². The zero-order valence-electron chi connectivity index (χ0n) is 9.93. The minimum absolute atomic E-state index is 0.0550. The summed E-state index contributed by atoms with van der Waals surface area (Å²) in [5.41, 5.74) is 0.615. The number of ether oxygens (including phenoxy) is 1. The molecule has 1 aromatic rings. The van der Waals surface area contributed by atoms with E-state index in [1.54, 1.807) is 25.1 Å². The summed E-state index contributed by atoms with van der Waals surface area (Å²) in [4.78, 5) is 10.6. The van der Waals surface area contributed by atoms with Gasteiger partial charge in [0, 0.05) is 12.1 Å². The van der Waals surface area contributed by atoms with Gasteiger partial charge in [-0.15, -0.1) is 0 Å². The molecular formula is C12H17NO4. The number of para-hydroxylation sites is 1. The van der Waals surface area contributed by atoms with E-state index in [1.165, 1.54) is 0 Å². The van der Waals surface area contributed by atoms with Crippen LogP contribution in [0.15, 0.2) is 18.2 Å². The highest BCUT2D eigenvalue weighted by Crippen LogP contribution is 2.29. The van der Waals surface area contributed by atoms with Gasteiger partial charge in [0.1, 0.15) is 6.04 Å². The van der Waals surface area contributed by atoms with E-state index in [0.29, 0.717) is 17.9 Å². The van der Waals surface area contributed by atoms with E-state index < -0.39 is 12.0 Å². The molecule has 0 fully saturated rings. The lowest BCUT2D eigenvalue weighted by Gasteiger charge is -2.12. The summed E-state index contributed by atoms with van der Waals surface area (Å²) in [5, 5.41) is 21.4. The van der Waals surface area contributed by atoms with Gasteiger partial charge < -0.3 is 20.3 Å². The number of carboxylic acid groups (broad SMARTS) is 1. The number of phenols is 1. The molecule has 0 saturated carbocycles. The van der Waals surface area contributed by atoms with Crippen LogP contribution >= 0.6 is 0 Å². The summed E-state index contributed by atoms with van der Waals surface area (Å²) in [5.74, 6) is -0.459. The molecule has 0 aromatic heterocycles. The molecule has 1 atom stereocenters. The van der Waals surface area contributed by atoms with Gasteiger partial charge >= 0.3 is 5.97 Å². The predicted octanol–water partition coefficient (Wildman–Crippen LogP) is 1.35. The fourth-order valence-electron chi connectivity index (χ4n) is 1.33. The maximum absolute atomic E-state index is 10.6. The van der Waals surface area contributed by atoms with Crippen molar-refractivity contribution in [3.05, 3.63) is 23.8 Å². The Morgan fingerprint density at radius 1 is 1.53 bits per heavy atom. The van der Waals surface area contributed by atoms with Gasteiger partial charge in [-0.2, -0.15) is 0 Å². The van der Waals surface area contributed by atoms with Crippen molar-refractivity contribution in [3.63, 3.8) is 0 Å². The molecule has 0 aliphatic heterocycles. The maximum atomic E-state index is 10.6. The zero-order valence-corrected chi connectivity index (χ0v) is 9.93. The lowest BCUT2D eigenvalue weighted by molar-refractivity contribution is -0.139. The van der Waals surface area contributed by atoms with Crippen molar-refractivity contribution in [1.82, 2.24) is 5.32 Å². The molecule has 0 radical (unpaired) electrons. The average Bonchev–Trinajstić information content (AvgIpc) is 2.30. The Morgan fingerprint density at radius 2 is 2.24 bits per heavy atom. The van der Waals surface area contributed by atoms with E-state index in [0.717, 1.165) is 0 Å². The maximum Gasteiger partial charge on any atom is 0.320 e. The van der Waals surface area contributed by atoms with Crippen LogP contribution in [0.4, 0.5) is 0 Å². The average molecular weight is 239 g/mol. The molecule has 1 aromatic carbocycles. The number of rotatable bonds is 6. The molecular weight excluding hydrogens is 222 g/mol. The Bertz CT molecular complexity index is 392. The monoisotopic (exact) mass is 239 g/mol. The molecule has 0 heterocycles. The molecule has 5 heteroatoms. The Balaban J connectivity index is 2.71. The third kappa shape index (κ3) is 3.64. The van der Waals surface area contributed by atoms with Gasteiger partial charge in [0.25, 0.3) is 0 Å². The summed E-state index contributed by atoms with van der Waals surface area (Å²) in [6.45, 7) is 4.12. The molecule has 5 nitrogen and oxygen atoms in total. The molecule has 0 bridgehead atoms. The van der Waals surface area contributed by atoms with E-state index in [1.807, 2.05) is 6.92 Å². The lowest BCUT2D eigenvalue weighted by Crippen LogP contribution is -2.33. The lowest BCUT2D eigenvalue weighted by atomic mass is 10.1. The van der Waals surface area contributed by atoms with Crippen LogP contribution in [-0.4, -0.2) is 28.8 Å². The van der Waals surface area contributed by atoms with Gasteiger partial charge in [-0.3, -0.25) is 4.79 Å². The molecule has 1 unspecified atom stereocenters. The van der Waals surface area contributed by atoms with Crippen LogP contribution in [0.5, 0.6) is 11.5 Å². The molecule has 0 saturated heterocycles. The van der Waals surface area contributed by atoms with Crippen LogP contribution in [-0.2, 0) is 11.3 Å². The van der Waals surface area contributed by atoms with Crippen molar-refractivity contribution in [2.45, 2.75) is 26.4 Å². The van der Waals surface area contributed by atoms with Gasteiger partial charge in [-0.25, -0.2) is 0 Å². The first kappa shape index (κ1) is 13.3. The second kappa shape index (κ2) is 6.10. The first-order valence-electron chi connectivity index (χ1n) is 5.46. The molecule has 94 valence electrons. The number of hydrogen-bond acceptors (Lipinski definition) is 4. The van der Waals surface area contributed by atoms with Crippen molar-refractivity contribution >= 4 is 5.97 Å². The van der Waals surface area contributed by atoms with Crippen LogP contribution in [0, 0.1) is 0 Å².